The molecule has 0 aliphatic heterocycles. The predicted molar refractivity (Wildman–Crippen MR) is 61.5 cm³/mol. The van der Waals surface area contributed by atoms with Crippen molar-refractivity contribution >= 4 is 0 Å². The van der Waals surface area contributed by atoms with Crippen LogP contribution < -0.4 is 5.73 Å². The van der Waals surface area contributed by atoms with Crippen molar-refractivity contribution in [1.82, 2.24) is 0 Å². The molecule has 0 aliphatic rings. The fourth-order valence-corrected chi connectivity index (χ4v) is 1.92. The number of nitrogens with two attached hydrogens (primary N) is 1. The minimum Gasteiger partial charge on any atom is -0.460 e. The van der Waals surface area contributed by atoms with E-state index < -0.39 is 0 Å². The molecule has 0 bridgehead atoms. The lowest BCUT2D eigenvalue weighted by atomic mass is 10.0. The van der Waals surface area contributed by atoms with E-state index in [4.69, 9.17) is 10.2 Å². The summed E-state index contributed by atoms with van der Waals surface area (Å²) in [7, 11) is 0. The van der Waals surface area contributed by atoms with Crippen molar-refractivity contribution in [2.45, 2.75) is 20.4 Å². The fourth-order valence-electron chi connectivity index (χ4n) is 1.92. The molecule has 0 spiro atoms. The third-order valence-electron chi connectivity index (χ3n) is 2.61. The summed E-state index contributed by atoms with van der Waals surface area (Å²) >= 11 is 0. The normalized spacial score (nSPS) is 10.8. The number of hydrogen-bond donors (Lipinski definition) is 1. The number of halogens is 1. The molecule has 1 aromatic heterocycles. The quantitative estimate of drug-likeness (QED) is 0.842. The maximum atomic E-state index is 13.1. The largest absolute Gasteiger partial charge is 0.460 e. The van der Waals surface area contributed by atoms with E-state index in [2.05, 4.69) is 0 Å². The van der Waals surface area contributed by atoms with Gasteiger partial charge in [0.25, 0.3) is 0 Å². The Morgan fingerprint density at radius 2 is 1.81 bits per heavy atom. The molecule has 0 amide bonds. The van der Waals surface area contributed by atoms with Crippen molar-refractivity contribution in [3.05, 3.63) is 47.0 Å². The van der Waals surface area contributed by atoms with Crippen molar-refractivity contribution in [3.63, 3.8) is 0 Å². The Hall–Kier alpha value is -1.61. The number of rotatable bonds is 2. The second kappa shape index (κ2) is 4.10. The van der Waals surface area contributed by atoms with E-state index in [1.165, 1.54) is 12.1 Å². The van der Waals surface area contributed by atoms with Gasteiger partial charge in [-0.05, 0) is 49.2 Å². The predicted octanol–water partition coefficient (Wildman–Crippen LogP) is 3.16. The molecule has 1 aromatic carbocycles. The van der Waals surface area contributed by atoms with E-state index in [9.17, 15) is 4.39 Å². The van der Waals surface area contributed by atoms with Crippen LogP contribution in [-0.2, 0) is 6.54 Å². The van der Waals surface area contributed by atoms with Gasteiger partial charge in [0, 0.05) is 5.56 Å². The average Bonchev–Trinajstić information content (AvgIpc) is 2.64. The first-order valence-electron chi connectivity index (χ1n) is 5.17. The van der Waals surface area contributed by atoms with Crippen molar-refractivity contribution in [3.8, 4) is 11.3 Å². The van der Waals surface area contributed by atoms with Crippen molar-refractivity contribution in [2.24, 2.45) is 5.73 Å². The van der Waals surface area contributed by atoms with Crippen LogP contribution in [0.1, 0.15) is 16.9 Å². The Kier molecular flexibility index (Phi) is 2.79. The van der Waals surface area contributed by atoms with Crippen LogP contribution in [-0.4, -0.2) is 0 Å². The lowest BCUT2D eigenvalue weighted by Gasteiger charge is -2.07. The molecule has 3 heteroatoms. The van der Waals surface area contributed by atoms with Gasteiger partial charge in [0.2, 0.25) is 0 Å². The van der Waals surface area contributed by atoms with Gasteiger partial charge in [0.15, 0.2) is 0 Å². The Morgan fingerprint density at radius 3 is 2.31 bits per heavy atom. The van der Waals surface area contributed by atoms with Gasteiger partial charge in [-0.3, -0.25) is 0 Å². The first-order chi connectivity index (χ1) is 7.61. The van der Waals surface area contributed by atoms with Crippen LogP contribution in [0.2, 0.25) is 0 Å². The summed E-state index contributed by atoms with van der Waals surface area (Å²) in [5.74, 6) is 1.26. The molecule has 0 radical (unpaired) electrons. The summed E-state index contributed by atoms with van der Waals surface area (Å²) < 4.78 is 18.7. The van der Waals surface area contributed by atoms with Crippen molar-refractivity contribution in [2.75, 3.05) is 0 Å². The Labute approximate surface area is 93.9 Å². The lowest BCUT2D eigenvalue weighted by Crippen LogP contribution is -1.93. The maximum absolute atomic E-state index is 13.1. The average molecular weight is 219 g/mol. The third-order valence-corrected chi connectivity index (χ3v) is 2.61. The highest BCUT2D eigenvalue weighted by atomic mass is 19.1. The molecule has 16 heavy (non-hydrogen) atoms. The third kappa shape index (κ3) is 1.86. The van der Waals surface area contributed by atoms with Crippen LogP contribution in [0.5, 0.6) is 0 Å². The first-order valence-corrected chi connectivity index (χ1v) is 5.17. The van der Waals surface area contributed by atoms with Crippen LogP contribution in [0.4, 0.5) is 4.39 Å². The zero-order valence-electron chi connectivity index (χ0n) is 9.38. The highest BCUT2D eigenvalue weighted by Crippen LogP contribution is 2.29. The molecule has 0 unspecified atom stereocenters. The number of furan rings is 1. The van der Waals surface area contributed by atoms with E-state index in [1.807, 2.05) is 26.0 Å². The molecule has 0 atom stereocenters. The van der Waals surface area contributed by atoms with Gasteiger partial charge in [-0.25, -0.2) is 4.39 Å². The van der Waals surface area contributed by atoms with E-state index in [0.717, 1.165) is 28.2 Å². The molecule has 0 saturated heterocycles. The summed E-state index contributed by atoms with van der Waals surface area (Å²) in [6, 6.07) is 6.73. The molecule has 0 fully saturated rings. The molecular formula is C13H14FNO. The minimum atomic E-state index is -0.218. The van der Waals surface area contributed by atoms with Gasteiger partial charge in [-0.2, -0.15) is 0 Å². The van der Waals surface area contributed by atoms with E-state index >= 15 is 0 Å². The smallest absolute Gasteiger partial charge is 0.134 e. The van der Waals surface area contributed by atoms with Gasteiger partial charge in [0.1, 0.15) is 17.3 Å². The number of aryl methyl sites for hydroxylation is 2. The highest BCUT2D eigenvalue weighted by molar-refractivity contribution is 5.66. The lowest BCUT2D eigenvalue weighted by molar-refractivity contribution is 0.524. The number of hydrogen-bond acceptors (Lipinski definition) is 2. The standard InChI is InChI=1S/C13H14FNO/c1-8-5-10(14)6-9(2)13(8)12-4-3-11(7-15)16-12/h3-6H,7,15H2,1-2H3. The molecule has 2 nitrogen and oxygen atoms in total. The molecule has 1 heterocycles. The summed E-state index contributed by atoms with van der Waals surface area (Å²) in [5, 5.41) is 0. The summed E-state index contributed by atoms with van der Waals surface area (Å²) in [5.41, 5.74) is 8.17. The summed E-state index contributed by atoms with van der Waals surface area (Å²) in [6.07, 6.45) is 0. The van der Waals surface area contributed by atoms with Crippen molar-refractivity contribution in [1.29, 1.82) is 0 Å². The second-order valence-electron chi connectivity index (χ2n) is 3.88. The van der Waals surface area contributed by atoms with Gasteiger partial charge in [0.05, 0.1) is 6.54 Å². The zero-order chi connectivity index (χ0) is 11.7. The SMILES string of the molecule is Cc1cc(F)cc(C)c1-c1ccc(CN)o1. The molecule has 0 saturated carbocycles. The van der Waals surface area contributed by atoms with Gasteiger partial charge < -0.3 is 10.2 Å². The Morgan fingerprint density at radius 1 is 1.19 bits per heavy atom. The minimum absolute atomic E-state index is 0.218. The number of benzene rings is 1. The Bertz CT molecular complexity index is 493. The zero-order valence-corrected chi connectivity index (χ0v) is 9.38. The molecule has 0 aliphatic carbocycles. The molecule has 2 rings (SSSR count). The summed E-state index contributed by atoms with van der Waals surface area (Å²) in [4.78, 5) is 0. The van der Waals surface area contributed by atoms with Crippen LogP contribution in [0, 0.1) is 19.7 Å². The maximum Gasteiger partial charge on any atom is 0.134 e. The van der Waals surface area contributed by atoms with Crippen molar-refractivity contribution < 1.29 is 8.81 Å². The van der Waals surface area contributed by atoms with E-state index in [-0.39, 0.29) is 5.82 Å². The van der Waals surface area contributed by atoms with E-state index in [0.29, 0.717) is 6.54 Å². The fraction of sp³-hybridized carbons (Fsp3) is 0.231. The van der Waals surface area contributed by atoms with Crippen LogP contribution in [0.15, 0.2) is 28.7 Å². The molecule has 84 valence electrons. The van der Waals surface area contributed by atoms with Crippen LogP contribution in [0.25, 0.3) is 11.3 Å². The van der Waals surface area contributed by atoms with Gasteiger partial charge >= 0.3 is 0 Å². The highest BCUT2D eigenvalue weighted by Gasteiger charge is 2.11. The molecule has 2 N–H and O–H groups in total. The summed E-state index contributed by atoms with van der Waals surface area (Å²) in [6.45, 7) is 4.12. The van der Waals surface area contributed by atoms with Crippen LogP contribution >= 0.6 is 0 Å². The van der Waals surface area contributed by atoms with Crippen LogP contribution in [0.3, 0.4) is 0 Å². The Balaban J connectivity index is 2.55. The van der Waals surface area contributed by atoms with Gasteiger partial charge in [-0.15, -0.1) is 0 Å². The van der Waals surface area contributed by atoms with E-state index in [1.54, 1.807) is 0 Å². The van der Waals surface area contributed by atoms with Gasteiger partial charge in [-0.1, -0.05) is 0 Å². The molecule has 2 aromatic rings. The monoisotopic (exact) mass is 219 g/mol. The molecular weight excluding hydrogens is 205 g/mol. The first kappa shape index (κ1) is 10.9. The topological polar surface area (TPSA) is 39.2 Å². The second-order valence-corrected chi connectivity index (χ2v) is 3.88.